The first-order valence-electron chi connectivity index (χ1n) is 5.83. The highest BCUT2D eigenvalue weighted by Crippen LogP contribution is 1.93. The lowest BCUT2D eigenvalue weighted by Crippen LogP contribution is -2.33. The number of nitrogens with one attached hydrogen (secondary N) is 1. The molecule has 0 aromatic carbocycles. The summed E-state index contributed by atoms with van der Waals surface area (Å²) in [6.45, 7) is 9.49. The molecule has 4 heteroatoms. The van der Waals surface area contributed by atoms with Crippen molar-refractivity contribution in [2.45, 2.75) is 46.7 Å². The fourth-order valence-electron chi connectivity index (χ4n) is 1.60. The summed E-state index contributed by atoms with van der Waals surface area (Å²) in [4.78, 5) is 16.0. The standard InChI is InChI=1S/C12H21N3O/c1-5-9(2)13-6-7-15-11(4)14-10(3)8-12(15)16/h8-9,13H,5-7H2,1-4H3. The number of aromatic nitrogens is 2. The molecule has 0 spiro atoms. The Morgan fingerprint density at radius 3 is 2.75 bits per heavy atom. The molecule has 0 saturated heterocycles. The Kier molecular flexibility index (Phi) is 4.68. The lowest BCUT2D eigenvalue weighted by Gasteiger charge is -2.13. The summed E-state index contributed by atoms with van der Waals surface area (Å²) in [5.41, 5.74) is 0.824. The summed E-state index contributed by atoms with van der Waals surface area (Å²) in [6, 6.07) is 2.07. The second-order valence-electron chi connectivity index (χ2n) is 4.20. The molecular weight excluding hydrogens is 202 g/mol. The van der Waals surface area contributed by atoms with Crippen molar-refractivity contribution in [3.63, 3.8) is 0 Å². The number of nitrogens with zero attached hydrogens (tertiary/aromatic N) is 2. The van der Waals surface area contributed by atoms with Gasteiger partial charge in [-0.05, 0) is 27.2 Å². The van der Waals surface area contributed by atoms with Gasteiger partial charge in [-0.1, -0.05) is 6.92 Å². The van der Waals surface area contributed by atoms with Gasteiger partial charge in [0.1, 0.15) is 5.82 Å². The molecule has 1 N–H and O–H groups in total. The zero-order valence-corrected chi connectivity index (χ0v) is 10.6. The van der Waals surface area contributed by atoms with Crippen LogP contribution in [-0.2, 0) is 6.54 Å². The summed E-state index contributed by atoms with van der Waals surface area (Å²) in [5, 5.41) is 3.36. The van der Waals surface area contributed by atoms with Crippen molar-refractivity contribution in [1.29, 1.82) is 0 Å². The van der Waals surface area contributed by atoms with Crippen LogP contribution >= 0.6 is 0 Å². The first kappa shape index (κ1) is 12.9. The molecular formula is C12H21N3O. The molecule has 0 bridgehead atoms. The smallest absolute Gasteiger partial charge is 0.253 e. The van der Waals surface area contributed by atoms with Crippen molar-refractivity contribution < 1.29 is 0 Å². The average molecular weight is 223 g/mol. The highest BCUT2D eigenvalue weighted by atomic mass is 16.1. The van der Waals surface area contributed by atoms with Crippen LogP contribution in [0.1, 0.15) is 31.8 Å². The van der Waals surface area contributed by atoms with Crippen LogP contribution in [0.3, 0.4) is 0 Å². The summed E-state index contributed by atoms with van der Waals surface area (Å²) in [6.07, 6.45) is 1.10. The second kappa shape index (κ2) is 5.80. The second-order valence-corrected chi connectivity index (χ2v) is 4.20. The molecule has 0 aliphatic heterocycles. The van der Waals surface area contributed by atoms with Crippen LogP contribution in [0.2, 0.25) is 0 Å². The van der Waals surface area contributed by atoms with Gasteiger partial charge in [-0.3, -0.25) is 9.36 Å². The molecule has 1 unspecified atom stereocenters. The van der Waals surface area contributed by atoms with Crippen LogP contribution in [0, 0.1) is 13.8 Å². The van der Waals surface area contributed by atoms with E-state index in [1.165, 1.54) is 0 Å². The number of aryl methyl sites for hydroxylation is 2. The van der Waals surface area contributed by atoms with Crippen molar-refractivity contribution in [3.8, 4) is 0 Å². The van der Waals surface area contributed by atoms with E-state index in [9.17, 15) is 4.79 Å². The molecule has 0 radical (unpaired) electrons. The minimum absolute atomic E-state index is 0.0379. The Bertz CT molecular complexity index is 398. The minimum Gasteiger partial charge on any atom is -0.312 e. The fraction of sp³-hybridized carbons (Fsp3) is 0.667. The summed E-state index contributed by atoms with van der Waals surface area (Å²) in [5.74, 6) is 0.788. The predicted octanol–water partition coefficient (Wildman–Crippen LogP) is 1.25. The molecule has 0 saturated carbocycles. The number of hydrogen-bond donors (Lipinski definition) is 1. The highest BCUT2D eigenvalue weighted by Gasteiger charge is 2.03. The normalized spacial score (nSPS) is 12.8. The van der Waals surface area contributed by atoms with E-state index in [2.05, 4.69) is 24.1 Å². The molecule has 1 rings (SSSR count). The van der Waals surface area contributed by atoms with Gasteiger partial charge in [0.25, 0.3) is 5.56 Å². The van der Waals surface area contributed by atoms with Crippen LogP contribution in [-0.4, -0.2) is 22.1 Å². The molecule has 0 aliphatic rings. The highest BCUT2D eigenvalue weighted by molar-refractivity contribution is 5.01. The zero-order chi connectivity index (χ0) is 12.1. The SMILES string of the molecule is CCC(C)NCCn1c(C)nc(C)cc1=O. The quantitative estimate of drug-likeness (QED) is 0.817. The van der Waals surface area contributed by atoms with E-state index in [0.29, 0.717) is 12.6 Å². The average Bonchev–Trinajstić information content (AvgIpc) is 2.21. The van der Waals surface area contributed by atoms with Crippen molar-refractivity contribution >= 4 is 0 Å². The largest absolute Gasteiger partial charge is 0.312 e. The lowest BCUT2D eigenvalue weighted by molar-refractivity contribution is 0.492. The summed E-state index contributed by atoms with van der Waals surface area (Å²) >= 11 is 0. The van der Waals surface area contributed by atoms with Crippen LogP contribution < -0.4 is 10.9 Å². The number of rotatable bonds is 5. The lowest BCUT2D eigenvalue weighted by atomic mass is 10.2. The minimum atomic E-state index is 0.0379. The Labute approximate surface area is 96.7 Å². The van der Waals surface area contributed by atoms with Gasteiger partial charge in [0.05, 0.1) is 0 Å². The van der Waals surface area contributed by atoms with Crippen LogP contribution in [0.25, 0.3) is 0 Å². The van der Waals surface area contributed by atoms with Crippen LogP contribution in [0.15, 0.2) is 10.9 Å². The van der Waals surface area contributed by atoms with Crippen molar-refractivity contribution in [2.24, 2.45) is 0 Å². The number of hydrogen-bond acceptors (Lipinski definition) is 3. The summed E-state index contributed by atoms with van der Waals surface area (Å²) in [7, 11) is 0. The molecule has 1 aromatic rings. The first-order valence-corrected chi connectivity index (χ1v) is 5.83. The Balaban J connectivity index is 2.64. The molecule has 0 amide bonds. The van der Waals surface area contributed by atoms with E-state index >= 15 is 0 Å². The maximum absolute atomic E-state index is 11.7. The Hall–Kier alpha value is -1.16. The van der Waals surface area contributed by atoms with E-state index in [0.717, 1.165) is 24.5 Å². The third kappa shape index (κ3) is 3.45. The topological polar surface area (TPSA) is 46.9 Å². The Morgan fingerprint density at radius 1 is 1.50 bits per heavy atom. The van der Waals surface area contributed by atoms with E-state index in [1.807, 2.05) is 13.8 Å². The molecule has 0 fully saturated rings. The van der Waals surface area contributed by atoms with Gasteiger partial charge in [-0.15, -0.1) is 0 Å². The molecule has 1 heterocycles. The van der Waals surface area contributed by atoms with Gasteiger partial charge in [0.2, 0.25) is 0 Å². The van der Waals surface area contributed by atoms with Gasteiger partial charge in [0, 0.05) is 30.9 Å². The first-order chi connectivity index (χ1) is 7.54. The maximum Gasteiger partial charge on any atom is 0.253 e. The van der Waals surface area contributed by atoms with E-state index in [1.54, 1.807) is 10.6 Å². The molecule has 16 heavy (non-hydrogen) atoms. The van der Waals surface area contributed by atoms with Gasteiger partial charge < -0.3 is 5.32 Å². The Morgan fingerprint density at radius 2 is 2.19 bits per heavy atom. The molecule has 1 atom stereocenters. The molecule has 90 valence electrons. The van der Waals surface area contributed by atoms with Gasteiger partial charge in [-0.25, -0.2) is 4.98 Å². The third-order valence-corrected chi connectivity index (χ3v) is 2.77. The van der Waals surface area contributed by atoms with Gasteiger partial charge in [-0.2, -0.15) is 0 Å². The zero-order valence-electron chi connectivity index (χ0n) is 10.6. The van der Waals surface area contributed by atoms with Crippen molar-refractivity contribution in [1.82, 2.24) is 14.9 Å². The van der Waals surface area contributed by atoms with Crippen LogP contribution in [0.5, 0.6) is 0 Å². The third-order valence-electron chi connectivity index (χ3n) is 2.77. The summed E-state index contributed by atoms with van der Waals surface area (Å²) < 4.78 is 1.71. The molecule has 4 nitrogen and oxygen atoms in total. The van der Waals surface area contributed by atoms with Crippen LogP contribution in [0.4, 0.5) is 0 Å². The predicted molar refractivity (Wildman–Crippen MR) is 65.7 cm³/mol. The monoisotopic (exact) mass is 223 g/mol. The van der Waals surface area contributed by atoms with Gasteiger partial charge >= 0.3 is 0 Å². The van der Waals surface area contributed by atoms with E-state index in [-0.39, 0.29) is 5.56 Å². The molecule has 0 aliphatic carbocycles. The molecule has 1 aromatic heterocycles. The van der Waals surface area contributed by atoms with Crippen molar-refractivity contribution in [2.75, 3.05) is 6.54 Å². The van der Waals surface area contributed by atoms with E-state index < -0.39 is 0 Å². The fourth-order valence-corrected chi connectivity index (χ4v) is 1.60. The van der Waals surface area contributed by atoms with E-state index in [4.69, 9.17) is 0 Å². The van der Waals surface area contributed by atoms with Gasteiger partial charge in [0.15, 0.2) is 0 Å². The van der Waals surface area contributed by atoms with Crippen molar-refractivity contribution in [3.05, 3.63) is 27.9 Å². The maximum atomic E-state index is 11.7.